The fraction of sp³-hybridized carbons (Fsp3) is 0. The van der Waals surface area contributed by atoms with Crippen molar-refractivity contribution >= 4 is 10.3 Å². The van der Waals surface area contributed by atoms with Crippen molar-refractivity contribution in [2.24, 2.45) is 5.84 Å². The van der Waals surface area contributed by atoms with Crippen LogP contribution in [0.15, 0.2) is 30.3 Å². The molecular weight excluding hydrogens is 199 g/mol. The summed E-state index contributed by atoms with van der Waals surface area (Å²) >= 11 is 0. The van der Waals surface area contributed by atoms with E-state index in [1.54, 1.807) is 18.2 Å². The Labute approximate surface area is 75.2 Å². The van der Waals surface area contributed by atoms with Crippen molar-refractivity contribution in [2.45, 2.75) is 0 Å². The molecule has 0 aliphatic carbocycles. The van der Waals surface area contributed by atoms with Crippen molar-refractivity contribution in [1.29, 1.82) is 0 Å². The molecule has 4 N–H and O–H groups in total. The van der Waals surface area contributed by atoms with Crippen molar-refractivity contribution in [3.8, 4) is 0 Å². The molecule has 0 atom stereocenters. The van der Waals surface area contributed by atoms with Crippen LogP contribution in [0.3, 0.4) is 0 Å². The first-order valence-electron chi connectivity index (χ1n) is 3.11. The molecule has 74 valence electrons. The molecular formula is C6H9FN2O3S. The molecule has 1 aromatic carbocycles. The number of hydrogen-bond donors (Lipinski definition) is 3. The highest BCUT2D eigenvalue weighted by molar-refractivity contribution is 7.83. The molecule has 0 aliphatic heterocycles. The summed E-state index contributed by atoms with van der Waals surface area (Å²) in [4.78, 5) is 1.13. The van der Waals surface area contributed by atoms with Gasteiger partial charge in [0.1, 0.15) is 5.82 Å². The second-order valence-electron chi connectivity index (χ2n) is 1.89. The van der Waals surface area contributed by atoms with Crippen LogP contribution in [0.25, 0.3) is 0 Å². The third-order valence-corrected chi connectivity index (χ3v) is 1.18. The van der Waals surface area contributed by atoms with E-state index in [9.17, 15) is 12.8 Å². The molecule has 13 heavy (non-hydrogen) atoms. The minimum Gasteiger partial charge on any atom is -0.273 e. The molecule has 0 radical (unpaired) electrons. The van der Waals surface area contributed by atoms with Gasteiger partial charge in [-0.1, -0.05) is 18.2 Å². The zero-order valence-electron chi connectivity index (χ0n) is 6.51. The molecule has 0 bridgehead atoms. The largest absolute Gasteiger partial charge is 0.346 e. The van der Waals surface area contributed by atoms with Crippen LogP contribution in [0.4, 0.5) is 4.39 Å². The monoisotopic (exact) mass is 208 g/mol. The highest BCUT2D eigenvalue weighted by atomic mass is 32.2. The molecule has 0 fully saturated rings. The van der Waals surface area contributed by atoms with Gasteiger partial charge < -0.3 is 0 Å². The van der Waals surface area contributed by atoms with Gasteiger partial charge in [-0.3, -0.25) is 10.4 Å². The Hall–Kier alpha value is -1.02. The Morgan fingerprint density at radius 3 is 1.85 bits per heavy atom. The second kappa shape index (κ2) is 5.60. The molecule has 1 aromatic rings. The lowest BCUT2D eigenvalue weighted by atomic mass is 10.4. The number of nitrogens with two attached hydrogens (primary N) is 1. The maximum Gasteiger partial charge on any atom is 0.346 e. The number of halogens is 1. The molecule has 0 aromatic heterocycles. The fourth-order valence-corrected chi connectivity index (χ4v) is 0.415. The Morgan fingerprint density at radius 1 is 1.31 bits per heavy atom. The summed E-state index contributed by atoms with van der Waals surface area (Å²) in [6, 6.07) is 7.94. The van der Waals surface area contributed by atoms with E-state index in [0.717, 1.165) is 4.83 Å². The first kappa shape index (κ1) is 12.0. The van der Waals surface area contributed by atoms with Crippen LogP contribution in [0.5, 0.6) is 0 Å². The summed E-state index contributed by atoms with van der Waals surface area (Å²) in [5.41, 5.74) is 0. The van der Waals surface area contributed by atoms with E-state index in [1.807, 2.05) is 0 Å². The predicted octanol–water partition coefficient (Wildman–Crippen LogP) is 0.0782. The topological polar surface area (TPSA) is 92.4 Å². The van der Waals surface area contributed by atoms with Crippen molar-refractivity contribution in [1.82, 2.24) is 4.83 Å². The number of benzene rings is 1. The zero-order chi connectivity index (χ0) is 10.3. The Bertz CT molecular complexity index is 327. The van der Waals surface area contributed by atoms with Gasteiger partial charge in [0.05, 0.1) is 0 Å². The van der Waals surface area contributed by atoms with Crippen LogP contribution < -0.4 is 10.7 Å². The SMILES string of the molecule is Fc1ccccc1.NNS(=O)(=O)O. The van der Waals surface area contributed by atoms with Crippen LogP contribution in [0.2, 0.25) is 0 Å². The van der Waals surface area contributed by atoms with Gasteiger partial charge in [-0.2, -0.15) is 8.42 Å². The van der Waals surface area contributed by atoms with Gasteiger partial charge in [-0.25, -0.2) is 4.39 Å². The van der Waals surface area contributed by atoms with Gasteiger partial charge in [-0.15, -0.1) is 4.83 Å². The van der Waals surface area contributed by atoms with E-state index in [-0.39, 0.29) is 5.82 Å². The first-order chi connectivity index (χ1) is 5.95. The van der Waals surface area contributed by atoms with E-state index in [4.69, 9.17) is 4.55 Å². The minimum atomic E-state index is -4.13. The quantitative estimate of drug-likeness (QED) is 0.346. The first-order valence-corrected chi connectivity index (χ1v) is 4.55. The van der Waals surface area contributed by atoms with Crippen LogP contribution in [-0.2, 0) is 10.3 Å². The van der Waals surface area contributed by atoms with E-state index in [1.165, 1.54) is 12.1 Å². The molecule has 5 nitrogen and oxygen atoms in total. The van der Waals surface area contributed by atoms with Crippen molar-refractivity contribution in [2.75, 3.05) is 0 Å². The van der Waals surface area contributed by atoms with E-state index < -0.39 is 10.3 Å². The van der Waals surface area contributed by atoms with Crippen LogP contribution in [-0.4, -0.2) is 13.0 Å². The smallest absolute Gasteiger partial charge is 0.273 e. The molecule has 0 heterocycles. The lowest BCUT2D eigenvalue weighted by Gasteiger charge is -1.83. The third kappa shape index (κ3) is 8.89. The minimum absolute atomic E-state index is 0.178. The highest BCUT2D eigenvalue weighted by Crippen LogP contribution is 1.91. The second-order valence-corrected chi connectivity index (χ2v) is 3.07. The maximum absolute atomic E-state index is 11.9. The number of hydrogen-bond acceptors (Lipinski definition) is 3. The molecule has 0 saturated carbocycles. The van der Waals surface area contributed by atoms with Crippen LogP contribution in [0, 0.1) is 5.82 Å². The van der Waals surface area contributed by atoms with E-state index in [0.29, 0.717) is 0 Å². The van der Waals surface area contributed by atoms with Gasteiger partial charge in [0, 0.05) is 0 Å². The number of rotatable bonds is 1. The zero-order valence-corrected chi connectivity index (χ0v) is 7.33. The van der Waals surface area contributed by atoms with Crippen molar-refractivity contribution in [3.05, 3.63) is 36.1 Å². The highest BCUT2D eigenvalue weighted by Gasteiger charge is 1.91. The lowest BCUT2D eigenvalue weighted by Crippen LogP contribution is -2.29. The number of hydrazine groups is 1. The summed E-state index contributed by atoms with van der Waals surface area (Å²) in [5.74, 6) is 4.04. The Morgan fingerprint density at radius 2 is 1.69 bits per heavy atom. The average Bonchev–Trinajstić information content (AvgIpc) is 2.06. The van der Waals surface area contributed by atoms with Gasteiger partial charge >= 0.3 is 10.3 Å². The third-order valence-electron chi connectivity index (χ3n) is 0.882. The normalized spacial score (nSPS) is 10.1. The summed E-state index contributed by atoms with van der Waals surface area (Å²) in [6.07, 6.45) is 0. The number of nitrogens with one attached hydrogen (secondary N) is 1. The Balaban J connectivity index is 0.000000226. The van der Waals surface area contributed by atoms with Gasteiger partial charge in [-0.05, 0) is 12.1 Å². The summed E-state index contributed by atoms with van der Waals surface area (Å²) in [5, 5.41) is 0. The molecule has 0 spiro atoms. The van der Waals surface area contributed by atoms with Crippen molar-refractivity contribution < 1.29 is 17.4 Å². The lowest BCUT2D eigenvalue weighted by molar-refractivity contribution is 0.469. The molecule has 0 unspecified atom stereocenters. The molecule has 1 rings (SSSR count). The van der Waals surface area contributed by atoms with E-state index in [2.05, 4.69) is 5.84 Å². The van der Waals surface area contributed by atoms with Gasteiger partial charge in [0.2, 0.25) is 0 Å². The van der Waals surface area contributed by atoms with Crippen LogP contribution in [0.1, 0.15) is 0 Å². The standard InChI is InChI=1S/C6H5F.H4N2O3S/c7-6-4-2-1-3-5-6;1-2-6(3,4)5/h1-5H;2H,1H2,(H,3,4,5). The van der Waals surface area contributed by atoms with Gasteiger partial charge in [0.15, 0.2) is 0 Å². The molecule has 0 amide bonds. The maximum atomic E-state index is 11.9. The summed E-state index contributed by atoms with van der Waals surface area (Å²) in [7, 11) is -4.13. The summed E-state index contributed by atoms with van der Waals surface area (Å²) < 4.78 is 38.1. The average molecular weight is 208 g/mol. The van der Waals surface area contributed by atoms with E-state index >= 15 is 0 Å². The molecule has 7 heteroatoms. The molecule has 0 saturated heterocycles. The fourth-order valence-electron chi connectivity index (χ4n) is 0.415. The summed E-state index contributed by atoms with van der Waals surface area (Å²) in [6.45, 7) is 0. The van der Waals surface area contributed by atoms with Gasteiger partial charge in [0.25, 0.3) is 0 Å². The predicted molar refractivity (Wildman–Crippen MR) is 45.3 cm³/mol. The van der Waals surface area contributed by atoms with Crippen molar-refractivity contribution in [3.63, 3.8) is 0 Å². The van der Waals surface area contributed by atoms with Crippen LogP contribution >= 0.6 is 0 Å². The molecule has 0 aliphatic rings. The Kier molecular flexibility index (Phi) is 5.16.